The number of nitrogens with zero attached hydrogens (tertiary/aromatic N) is 1. The Balaban J connectivity index is 3.06. The van der Waals surface area contributed by atoms with Crippen molar-refractivity contribution >= 4 is 5.71 Å². The van der Waals surface area contributed by atoms with Crippen LogP contribution in [0.15, 0.2) is 23.4 Å². The number of aryl methyl sites for hydroxylation is 1. The quantitative estimate of drug-likeness (QED) is 0.479. The van der Waals surface area contributed by atoms with Gasteiger partial charge in [-0.05, 0) is 38.8 Å². The van der Waals surface area contributed by atoms with E-state index in [4.69, 9.17) is 9.94 Å². The highest BCUT2D eigenvalue weighted by Crippen LogP contribution is 2.23. The van der Waals surface area contributed by atoms with Gasteiger partial charge in [0.15, 0.2) is 0 Å². The molecule has 0 aromatic heterocycles. The Labute approximate surface area is 103 Å². The van der Waals surface area contributed by atoms with E-state index in [0.717, 1.165) is 29.7 Å². The lowest BCUT2D eigenvalue weighted by molar-refractivity contribution is 0.192. The second-order valence-electron chi connectivity index (χ2n) is 4.24. The molecule has 0 amide bonds. The topological polar surface area (TPSA) is 41.8 Å². The van der Waals surface area contributed by atoms with Gasteiger partial charge in [-0.3, -0.25) is 0 Å². The molecule has 0 aliphatic carbocycles. The molecule has 0 heterocycles. The lowest BCUT2D eigenvalue weighted by Gasteiger charge is -2.18. The van der Waals surface area contributed by atoms with Crippen LogP contribution in [0.5, 0.6) is 5.75 Å². The minimum atomic E-state index is 0.211. The Morgan fingerprint density at radius 2 is 2.00 bits per heavy atom. The predicted octanol–water partition coefficient (Wildman–Crippen LogP) is 3.76. The van der Waals surface area contributed by atoms with Crippen molar-refractivity contribution in [1.82, 2.24) is 0 Å². The molecule has 3 nitrogen and oxygen atoms in total. The molecule has 17 heavy (non-hydrogen) atoms. The van der Waals surface area contributed by atoms with Crippen LogP contribution in [0.3, 0.4) is 0 Å². The standard InChI is InChI=1S/C14H21NO2/c1-5-12(6-2)17-14-8-7-10(3)9-13(14)11(4)15-16/h7-9,12,16H,5-6H2,1-4H3. The van der Waals surface area contributed by atoms with Gasteiger partial charge in [-0.2, -0.15) is 0 Å². The van der Waals surface area contributed by atoms with E-state index in [0.29, 0.717) is 5.71 Å². The lowest BCUT2D eigenvalue weighted by Crippen LogP contribution is -2.15. The Bertz CT molecular complexity index is 395. The van der Waals surface area contributed by atoms with Gasteiger partial charge in [0.1, 0.15) is 5.75 Å². The number of rotatable bonds is 5. The smallest absolute Gasteiger partial charge is 0.128 e. The molecule has 1 aromatic rings. The second kappa shape index (κ2) is 6.28. The highest BCUT2D eigenvalue weighted by atomic mass is 16.5. The number of hydrogen-bond acceptors (Lipinski definition) is 3. The number of ether oxygens (including phenoxy) is 1. The zero-order valence-corrected chi connectivity index (χ0v) is 11.0. The van der Waals surface area contributed by atoms with Gasteiger partial charge in [-0.1, -0.05) is 30.6 Å². The minimum Gasteiger partial charge on any atom is -0.490 e. The fourth-order valence-electron chi connectivity index (χ4n) is 1.72. The van der Waals surface area contributed by atoms with Crippen LogP contribution >= 0.6 is 0 Å². The third-order valence-electron chi connectivity index (χ3n) is 2.88. The first-order valence-corrected chi connectivity index (χ1v) is 6.08. The summed E-state index contributed by atoms with van der Waals surface area (Å²) in [5, 5.41) is 12.1. The van der Waals surface area contributed by atoms with Crippen LogP contribution in [-0.2, 0) is 0 Å². The zero-order valence-electron chi connectivity index (χ0n) is 11.0. The highest BCUT2D eigenvalue weighted by Gasteiger charge is 2.11. The predicted molar refractivity (Wildman–Crippen MR) is 70.2 cm³/mol. The summed E-state index contributed by atoms with van der Waals surface area (Å²) in [5.41, 5.74) is 2.56. The average Bonchev–Trinajstić information content (AvgIpc) is 2.36. The van der Waals surface area contributed by atoms with Gasteiger partial charge < -0.3 is 9.94 Å². The molecule has 0 aliphatic rings. The van der Waals surface area contributed by atoms with Crippen molar-refractivity contribution in [3.05, 3.63) is 29.3 Å². The molecule has 3 heteroatoms. The Morgan fingerprint density at radius 3 is 2.53 bits per heavy atom. The van der Waals surface area contributed by atoms with Crippen LogP contribution in [0.1, 0.15) is 44.7 Å². The van der Waals surface area contributed by atoms with E-state index >= 15 is 0 Å². The van der Waals surface area contributed by atoms with Crippen LogP contribution in [0.25, 0.3) is 0 Å². The van der Waals surface area contributed by atoms with Crippen LogP contribution in [0.2, 0.25) is 0 Å². The van der Waals surface area contributed by atoms with Crippen molar-refractivity contribution in [1.29, 1.82) is 0 Å². The van der Waals surface area contributed by atoms with Crippen LogP contribution < -0.4 is 4.74 Å². The molecule has 0 saturated carbocycles. The molecule has 0 atom stereocenters. The number of oxime groups is 1. The van der Waals surface area contributed by atoms with Gasteiger partial charge in [-0.25, -0.2) is 0 Å². The number of benzene rings is 1. The van der Waals surface area contributed by atoms with E-state index in [2.05, 4.69) is 19.0 Å². The molecule has 0 radical (unpaired) electrons. The summed E-state index contributed by atoms with van der Waals surface area (Å²) < 4.78 is 5.93. The lowest BCUT2D eigenvalue weighted by atomic mass is 10.1. The van der Waals surface area contributed by atoms with Crippen molar-refractivity contribution in [3.63, 3.8) is 0 Å². The van der Waals surface area contributed by atoms with Gasteiger partial charge in [0, 0.05) is 5.56 Å². The fourth-order valence-corrected chi connectivity index (χ4v) is 1.72. The highest BCUT2D eigenvalue weighted by molar-refractivity contribution is 6.00. The molecule has 0 saturated heterocycles. The third kappa shape index (κ3) is 3.48. The Kier molecular flexibility index (Phi) is 5.01. The molecule has 1 aromatic carbocycles. The Hall–Kier alpha value is -1.51. The summed E-state index contributed by atoms with van der Waals surface area (Å²) in [7, 11) is 0. The van der Waals surface area contributed by atoms with Crippen LogP contribution in [-0.4, -0.2) is 17.0 Å². The molecule has 0 aliphatic heterocycles. The molecule has 1 rings (SSSR count). The maximum Gasteiger partial charge on any atom is 0.128 e. The molecule has 0 spiro atoms. The molecule has 0 fully saturated rings. The molecular weight excluding hydrogens is 214 g/mol. The second-order valence-corrected chi connectivity index (χ2v) is 4.24. The van der Waals surface area contributed by atoms with Crippen molar-refractivity contribution in [3.8, 4) is 5.75 Å². The van der Waals surface area contributed by atoms with Crippen molar-refractivity contribution < 1.29 is 9.94 Å². The summed E-state index contributed by atoms with van der Waals surface area (Å²) in [4.78, 5) is 0. The summed E-state index contributed by atoms with van der Waals surface area (Å²) in [6.07, 6.45) is 2.15. The van der Waals surface area contributed by atoms with Crippen molar-refractivity contribution in [2.45, 2.75) is 46.6 Å². The summed E-state index contributed by atoms with van der Waals surface area (Å²) >= 11 is 0. The number of hydrogen-bond donors (Lipinski definition) is 1. The first-order valence-electron chi connectivity index (χ1n) is 6.08. The van der Waals surface area contributed by atoms with E-state index in [-0.39, 0.29) is 6.10 Å². The maximum absolute atomic E-state index is 8.88. The van der Waals surface area contributed by atoms with E-state index in [1.807, 2.05) is 25.1 Å². The Morgan fingerprint density at radius 1 is 1.35 bits per heavy atom. The largest absolute Gasteiger partial charge is 0.490 e. The summed E-state index contributed by atoms with van der Waals surface area (Å²) in [6.45, 7) is 7.99. The third-order valence-corrected chi connectivity index (χ3v) is 2.88. The summed E-state index contributed by atoms with van der Waals surface area (Å²) in [6, 6.07) is 5.93. The average molecular weight is 235 g/mol. The van der Waals surface area contributed by atoms with Gasteiger partial charge in [-0.15, -0.1) is 0 Å². The van der Waals surface area contributed by atoms with Crippen molar-refractivity contribution in [2.24, 2.45) is 5.16 Å². The maximum atomic E-state index is 8.88. The normalized spacial score (nSPS) is 11.9. The zero-order chi connectivity index (χ0) is 12.8. The molecule has 0 unspecified atom stereocenters. The van der Waals surface area contributed by atoms with E-state index in [1.54, 1.807) is 6.92 Å². The van der Waals surface area contributed by atoms with Gasteiger partial charge >= 0.3 is 0 Å². The molecular formula is C14H21NO2. The SMILES string of the molecule is CCC(CC)Oc1ccc(C)cc1C(C)=NO. The minimum absolute atomic E-state index is 0.211. The van der Waals surface area contributed by atoms with Crippen LogP contribution in [0, 0.1) is 6.92 Å². The fraction of sp³-hybridized carbons (Fsp3) is 0.500. The van der Waals surface area contributed by atoms with Gasteiger partial charge in [0.05, 0.1) is 11.8 Å². The monoisotopic (exact) mass is 235 g/mol. The molecule has 1 N–H and O–H groups in total. The van der Waals surface area contributed by atoms with Gasteiger partial charge in [0.2, 0.25) is 0 Å². The van der Waals surface area contributed by atoms with Crippen LogP contribution in [0.4, 0.5) is 0 Å². The first-order chi connectivity index (χ1) is 8.12. The molecule has 94 valence electrons. The van der Waals surface area contributed by atoms with Gasteiger partial charge in [0.25, 0.3) is 0 Å². The van der Waals surface area contributed by atoms with E-state index < -0.39 is 0 Å². The first kappa shape index (κ1) is 13.6. The van der Waals surface area contributed by atoms with E-state index in [1.165, 1.54) is 0 Å². The van der Waals surface area contributed by atoms with E-state index in [9.17, 15) is 0 Å². The summed E-state index contributed by atoms with van der Waals surface area (Å²) in [5.74, 6) is 0.791. The molecule has 0 bridgehead atoms. The van der Waals surface area contributed by atoms with Crippen molar-refractivity contribution in [2.75, 3.05) is 0 Å².